The molecule has 1 amide bonds. The van der Waals surface area contributed by atoms with Gasteiger partial charge in [-0.1, -0.05) is 71.1 Å². The first-order valence-corrected chi connectivity index (χ1v) is 14.5. The minimum atomic E-state index is -1.24. The van der Waals surface area contributed by atoms with E-state index in [-0.39, 0.29) is 22.4 Å². The van der Waals surface area contributed by atoms with Gasteiger partial charge in [0.2, 0.25) is 5.13 Å². The van der Waals surface area contributed by atoms with Crippen molar-refractivity contribution in [2.45, 2.75) is 35.6 Å². The molecule has 0 saturated carbocycles. The fraction of sp³-hybridized carbons (Fsp3) is 0.172. The van der Waals surface area contributed by atoms with Crippen molar-refractivity contribution in [1.29, 1.82) is 0 Å². The van der Waals surface area contributed by atoms with Gasteiger partial charge in [-0.2, -0.15) is 0 Å². The summed E-state index contributed by atoms with van der Waals surface area (Å²) in [5, 5.41) is 20.5. The highest BCUT2D eigenvalue weighted by molar-refractivity contribution is 8.00. The molecule has 4 aromatic rings. The molecular formula is C29H21ClFN3O4S2. The van der Waals surface area contributed by atoms with E-state index in [0.717, 1.165) is 27.4 Å². The summed E-state index contributed by atoms with van der Waals surface area (Å²) >= 11 is 8.74. The molecule has 2 atom stereocenters. The molecule has 7 nitrogen and oxygen atoms in total. The maximum absolute atomic E-state index is 15.2. The Labute approximate surface area is 242 Å². The number of thioether (sulfide) groups is 1. The molecule has 0 spiro atoms. The van der Waals surface area contributed by atoms with Crippen molar-refractivity contribution in [2.24, 2.45) is 0 Å². The van der Waals surface area contributed by atoms with Crippen molar-refractivity contribution in [1.82, 2.24) is 10.2 Å². The molecule has 1 saturated heterocycles. The van der Waals surface area contributed by atoms with E-state index in [1.165, 1.54) is 30.0 Å². The predicted molar refractivity (Wildman–Crippen MR) is 152 cm³/mol. The van der Waals surface area contributed by atoms with Crippen LogP contribution in [-0.2, 0) is 21.8 Å². The number of fused-ring (bicyclic) bond motifs is 1. The lowest BCUT2D eigenvalue weighted by atomic mass is 9.94. The molecule has 1 aromatic heterocycles. The molecule has 3 heterocycles. The highest BCUT2D eigenvalue weighted by atomic mass is 35.5. The zero-order valence-corrected chi connectivity index (χ0v) is 23.4. The normalized spacial score (nSPS) is 19.6. The third-order valence-electron chi connectivity index (χ3n) is 6.72. The van der Waals surface area contributed by atoms with Crippen LogP contribution in [0.5, 0.6) is 5.75 Å². The zero-order chi connectivity index (χ0) is 28.0. The van der Waals surface area contributed by atoms with E-state index in [2.05, 4.69) is 10.2 Å². The van der Waals surface area contributed by atoms with E-state index in [0.29, 0.717) is 32.8 Å². The third kappa shape index (κ3) is 4.76. The molecule has 1 fully saturated rings. The Kier molecular flexibility index (Phi) is 7.07. The van der Waals surface area contributed by atoms with Gasteiger partial charge in [-0.3, -0.25) is 14.5 Å². The Balaban J connectivity index is 1.40. The highest BCUT2D eigenvalue weighted by Gasteiger charge is 2.49. The number of Topliss-reactive ketones (excluding diaryl/α,β-unsaturated/α-hetero) is 1. The molecule has 0 radical (unpaired) electrons. The number of ketones is 1. The summed E-state index contributed by atoms with van der Waals surface area (Å²) in [5.41, 5.74) is 1.96. The fourth-order valence-electron chi connectivity index (χ4n) is 4.86. The molecule has 202 valence electrons. The Bertz CT molecular complexity index is 1690. The Morgan fingerprint density at radius 2 is 1.93 bits per heavy atom. The lowest BCUT2D eigenvalue weighted by Crippen LogP contribution is -2.29. The van der Waals surface area contributed by atoms with Gasteiger partial charge in [0.05, 0.1) is 5.57 Å². The largest absolute Gasteiger partial charge is 0.507 e. The number of hydrogen-bond acceptors (Lipinski definition) is 8. The van der Waals surface area contributed by atoms with Gasteiger partial charge in [-0.15, -0.1) is 10.2 Å². The molecule has 2 aliphatic rings. The van der Waals surface area contributed by atoms with Gasteiger partial charge < -0.3 is 9.84 Å². The van der Waals surface area contributed by atoms with Crippen LogP contribution in [0, 0.1) is 5.82 Å². The molecule has 0 aliphatic carbocycles. The molecule has 2 aliphatic heterocycles. The maximum Gasteiger partial charge on any atom is 0.301 e. The number of aromatic nitrogens is 2. The van der Waals surface area contributed by atoms with Crippen LogP contribution in [-0.4, -0.2) is 33.1 Å². The first-order chi connectivity index (χ1) is 19.3. The number of carbonyl (C=O) groups is 2. The molecule has 1 N–H and O–H groups in total. The van der Waals surface area contributed by atoms with Gasteiger partial charge >= 0.3 is 5.91 Å². The van der Waals surface area contributed by atoms with Crippen LogP contribution in [0.2, 0.25) is 5.02 Å². The van der Waals surface area contributed by atoms with Crippen molar-refractivity contribution < 1.29 is 23.8 Å². The number of aliphatic hydroxyl groups excluding tert-OH is 1. The average molecular weight is 594 g/mol. The van der Waals surface area contributed by atoms with Crippen LogP contribution in [0.25, 0.3) is 5.76 Å². The van der Waals surface area contributed by atoms with Gasteiger partial charge in [-0.05, 0) is 48.4 Å². The van der Waals surface area contributed by atoms with Gasteiger partial charge in [0.1, 0.15) is 29.5 Å². The topological polar surface area (TPSA) is 92.6 Å². The van der Waals surface area contributed by atoms with Crippen molar-refractivity contribution in [3.8, 4) is 5.75 Å². The number of halogens is 2. The minimum Gasteiger partial charge on any atom is -0.507 e. The lowest BCUT2D eigenvalue weighted by Gasteiger charge is -2.22. The van der Waals surface area contributed by atoms with E-state index in [4.69, 9.17) is 16.3 Å². The summed E-state index contributed by atoms with van der Waals surface area (Å²) < 4.78 is 21.5. The number of amides is 1. The molecule has 0 bridgehead atoms. The van der Waals surface area contributed by atoms with Crippen molar-refractivity contribution in [2.75, 3.05) is 4.90 Å². The second kappa shape index (κ2) is 10.7. The van der Waals surface area contributed by atoms with Gasteiger partial charge in [0, 0.05) is 28.3 Å². The Morgan fingerprint density at radius 1 is 1.15 bits per heavy atom. The number of ether oxygens (including phenoxy) is 1. The van der Waals surface area contributed by atoms with Gasteiger partial charge in [0.25, 0.3) is 5.78 Å². The van der Waals surface area contributed by atoms with Crippen LogP contribution in [0.15, 0.2) is 76.6 Å². The monoisotopic (exact) mass is 593 g/mol. The van der Waals surface area contributed by atoms with Crippen molar-refractivity contribution in [3.63, 3.8) is 0 Å². The standard InChI is InChI=1S/C29H21ClFN3O4S2/c1-15-12-18-13-16(10-11-22(18)38-15)25(35)23-24(19-7-3-5-9-21(19)31)34(27(37)26(23)36)28-32-33-29(40-28)39-14-17-6-2-4-8-20(17)30/h2-11,13,15,24,35H,12,14H2,1H3. The number of benzene rings is 3. The first-order valence-electron chi connectivity index (χ1n) is 12.4. The smallest absolute Gasteiger partial charge is 0.301 e. The Morgan fingerprint density at radius 3 is 2.73 bits per heavy atom. The SMILES string of the molecule is CC1Cc2cc(C(O)=C3C(=O)C(=O)N(c4nnc(SCc5ccccc5Cl)s4)C3c3ccccc3F)ccc2O1. The molecule has 3 aromatic carbocycles. The third-order valence-corrected chi connectivity index (χ3v) is 9.20. The summed E-state index contributed by atoms with van der Waals surface area (Å²) in [6.45, 7) is 1.94. The second-order valence-electron chi connectivity index (χ2n) is 9.38. The molecule has 6 rings (SSSR count). The van der Waals surface area contributed by atoms with Crippen LogP contribution < -0.4 is 9.64 Å². The van der Waals surface area contributed by atoms with Crippen LogP contribution in [0.4, 0.5) is 9.52 Å². The van der Waals surface area contributed by atoms with Crippen LogP contribution in [0.1, 0.15) is 35.2 Å². The number of nitrogens with zero attached hydrogens (tertiary/aromatic N) is 3. The summed E-state index contributed by atoms with van der Waals surface area (Å²) in [7, 11) is 0. The van der Waals surface area contributed by atoms with E-state index >= 15 is 4.39 Å². The predicted octanol–water partition coefficient (Wildman–Crippen LogP) is 6.57. The zero-order valence-electron chi connectivity index (χ0n) is 21.0. The van der Waals surface area contributed by atoms with Crippen molar-refractivity contribution >= 4 is 57.3 Å². The number of carbonyl (C=O) groups excluding carboxylic acids is 2. The minimum absolute atomic E-state index is 0.0150. The average Bonchev–Trinajstić information content (AvgIpc) is 3.63. The maximum atomic E-state index is 15.2. The summed E-state index contributed by atoms with van der Waals surface area (Å²) in [6.07, 6.45) is 0.625. The summed E-state index contributed by atoms with van der Waals surface area (Å²) in [5.74, 6) is -1.66. The first kappa shape index (κ1) is 26.5. The van der Waals surface area contributed by atoms with Crippen LogP contribution in [0.3, 0.4) is 0 Å². The van der Waals surface area contributed by atoms with E-state index in [1.807, 2.05) is 25.1 Å². The number of anilines is 1. The van der Waals surface area contributed by atoms with E-state index in [9.17, 15) is 14.7 Å². The lowest BCUT2D eigenvalue weighted by molar-refractivity contribution is -0.132. The number of hydrogen-bond donors (Lipinski definition) is 1. The molecule has 40 heavy (non-hydrogen) atoms. The molecule has 2 unspecified atom stereocenters. The second-order valence-corrected chi connectivity index (χ2v) is 12.0. The van der Waals surface area contributed by atoms with Crippen LogP contribution >= 0.6 is 34.7 Å². The summed E-state index contributed by atoms with van der Waals surface area (Å²) in [6, 6.07) is 17.1. The molecular weight excluding hydrogens is 573 g/mol. The molecule has 11 heteroatoms. The quantitative estimate of drug-likeness (QED) is 0.0888. The van der Waals surface area contributed by atoms with Crippen molar-refractivity contribution in [3.05, 3.63) is 105 Å². The highest BCUT2D eigenvalue weighted by Crippen LogP contribution is 2.45. The van der Waals surface area contributed by atoms with E-state index in [1.54, 1.807) is 30.3 Å². The number of rotatable bonds is 6. The fourth-order valence-corrected chi connectivity index (χ4v) is 7.01. The Hall–Kier alpha value is -3.73. The number of aliphatic hydroxyl groups is 1. The summed E-state index contributed by atoms with van der Waals surface area (Å²) in [4.78, 5) is 27.9. The van der Waals surface area contributed by atoms with Gasteiger partial charge in [0.15, 0.2) is 4.34 Å². The van der Waals surface area contributed by atoms with Gasteiger partial charge in [-0.25, -0.2) is 4.39 Å². The van der Waals surface area contributed by atoms with E-state index < -0.39 is 29.3 Å².